The quantitative estimate of drug-likeness (QED) is 0.395. The first-order chi connectivity index (χ1) is 14.0. The summed E-state index contributed by atoms with van der Waals surface area (Å²) in [5.74, 6) is 0. The van der Waals surface area contributed by atoms with Crippen LogP contribution in [0.25, 0.3) is 44.3 Å². The summed E-state index contributed by atoms with van der Waals surface area (Å²) in [6.45, 7) is -2.29. The number of furan rings is 1. The molecular weight excluding hydrogens is 320 g/mol. The molecule has 0 bridgehead atoms. The molecule has 0 saturated carbocycles. The molecule has 0 radical (unpaired) electrons. The van der Waals surface area contributed by atoms with E-state index in [-0.39, 0.29) is 5.69 Å². The largest absolute Gasteiger partial charge is 0.455 e. The molecule has 0 aliphatic rings. The Hall–Kier alpha value is -3.46. The normalized spacial score (nSPS) is 13.5. The molecule has 124 valence electrons. The number of hydrogen-bond donors (Lipinski definition) is 0. The summed E-state index contributed by atoms with van der Waals surface area (Å²) in [6, 6.07) is 23.5. The highest BCUT2D eigenvalue weighted by Gasteiger charge is 2.15. The highest BCUT2D eigenvalue weighted by Crippen LogP contribution is 2.39. The predicted octanol–water partition coefficient (Wildman–Crippen LogP) is 6.02. The lowest BCUT2D eigenvalue weighted by atomic mass is 10.0. The second kappa shape index (κ2) is 5.81. The van der Waals surface area contributed by atoms with E-state index in [0.717, 1.165) is 33.0 Å². The van der Waals surface area contributed by atoms with Crippen molar-refractivity contribution < 1.29 is 8.53 Å². The number of benzene rings is 3. The van der Waals surface area contributed by atoms with Gasteiger partial charge in [-0.1, -0.05) is 60.7 Å². The molecule has 3 nitrogen and oxygen atoms in total. The van der Waals surface area contributed by atoms with Gasteiger partial charge >= 0.3 is 0 Å². The maximum Gasteiger partial charge on any atom is 0.144 e. The third-order valence-electron chi connectivity index (χ3n) is 4.55. The number of nitrogens with zero attached hydrogens (tertiary/aromatic N) is 2. The van der Waals surface area contributed by atoms with Crippen molar-refractivity contribution in [1.29, 1.82) is 0 Å². The Balaban J connectivity index is 1.78. The standard InChI is InChI=1S/C23H16N2O/c1-15-13-21(25-14-24-15)20-12-6-11-19-18-10-5-9-17(22(18)26-23(19)20)16-7-3-2-4-8-16/h2-14H,1H3/i1D3. The number of rotatable bonds is 2. The lowest BCUT2D eigenvalue weighted by Crippen LogP contribution is -1.88. The third-order valence-corrected chi connectivity index (χ3v) is 4.55. The van der Waals surface area contributed by atoms with Crippen molar-refractivity contribution in [2.24, 2.45) is 0 Å². The summed E-state index contributed by atoms with van der Waals surface area (Å²) >= 11 is 0. The number of fused-ring (bicyclic) bond motifs is 3. The van der Waals surface area contributed by atoms with Gasteiger partial charge < -0.3 is 4.42 Å². The van der Waals surface area contributed by atoms with Crippen LogP contribution in [0.5, 0.6) is 0 Å². The molecule has 0 aliphatic carbocycles. The number of aryl methyl sites for hydroxylation is 1. The number of aromatic nitrogens is 2. The summed E-state index contributed by atoms with van der Waals surface area (Å²) in [7, 11) is 0. The summed E-state index contributed by atoms with van der Waals surface area (Å²) < 4.78 is 29.2. The Labute approximate surface area is 155 Å². The Bertz CT molecular complexity index is 1340. The lowest BCUT2D eigenvalue weighted by Gasteiger charge is -2.02. The van der Waals surface area contributed by atoms with Crippen LogP contribution >= 0.6 is 0 Å². The Morgan fingerprint density at radius 3 is 2.27 bits per heavy atom. The van der Waals surface area contributed by atoms with E-state index in [1.165, 1.54) is 12.4 Å². The van der Waals surface area contributed by atoms with Crippen molar-refractivity contribution in [3.63, 3.8) is 0 Å². The molecule has 3 aromatic carbocycles. The molecule has 5 aromatic rings. The fourth-order valence-electron chi connectivity index (χ4n) is 3.37. The molecular formula is C23H16N2O. The molecule has 0 aliphatic heterocycles. The van der Waals surface area contributed by atoms with Crippen molar-refractivity contribution in [2.75, 3.05) is 0 Å². The van der Waals surface area contributed by atoms with Gasteiger partial charge in [0.1, 0.15) is 17.5 Å². The minimum Gasteiger partial charge on any atom is -0.455 e. The van der Waals surface area contributed by atoms with Crippen LogP contribution in [0.15, 0.2) is 83.5 Å². The zero-order valence-corrected chi connectivity index (χ0v) is 13.8. The summed E-state index contributed by atoms with van der Waals surface area (Å²) in [4.78, 5) is 8.21. The molecule has 0 spiro atoms. The van der Waals surface area contributed by atoms with E-state index in [2.05, 4.69) is 22.1 Å². The fourth-order valence-corrected chi connectivity index (χ4v) is 3.37. The second-order valence-electron chi connectivity index (χ2n) is 6.12. The van der Waals surface area contributed by atoms with Crippen molar-refractivity contribution in [3.8, 4) is 22.4 Å². The zero-order chi connectivity index (χ0) is 20.0. The van der Waals surface area contributed by atoms with E-state index >= 15 is 0 Å². The fraction of sp³-hybridized carbons (Fsp3) is 0.0435. The van der Waals surface area contributed by atoms with Crippen molar-refractivity contribution in [3.05, 3.63) is 84.8 Å². The first kappa shape index (κ1) is 12.0. The first-order valence-electron chi connectivity index (χ1n) is 9.85. The molecule has 0 amide bonds. The van der Waals surface area contributed by atoms with E-state index in [0.29, 0.717) is 11.3 Å². The second-order valence-corrected chi connectivity index (χ2v) is 6.12. The number of para-hydroxylation sites is 2. The van der Waals surface area contributed by atoms with Gasteiger partial charge in [0, 0.05) is 31.7 Å². The van der Waals surface area contributed by atoms with Crippen LogP contribution in [-0.2, 0) is 0 Å². The van der Waals surface area contributed by atoms with Gasteiger partial charge in [-0.05, 0) is 24.5 Å². The first-order valence-corrected chi connectivity index (χ1v) is 8.35. The molecule has 0 atom stereocenters. The molecule has 0 saturated heterocycles. The van der Waals surface area contributed by atoms with Crippen molar-refractivity contribution in [2.45, 2.75) is 6.85 Å². The van der Waals surface area contributed by atoms with E-state index in [4.69, 9.17) is 8.53 Å². The molecule has 2 aromatic heterocycles. The van der Waals surface area contributed by atoms with Gasteiger partial charge in [-0.2, -0.15) is 0 Å². The van der Waals surface area contributed by atoms with E-state index < -0.39 is 6.85 Å². The lowest BCUT2D eigenvalue weighted by molar-refractivity contribution is 0.671. The highest BCUT2D eigenvalue weighted by atomic mass is 16.3. The molecule has 0 unspecified atom stereocenters. The van der Waals surface area contributed by atoms with Crippen LogP contribution in [0.2, 0.25) is 0 Å². The number of hydrogen-bond acceptors (Lipinski definition) is 3. The van der Waals surface area contributed by atoms with Gasteiger partial charge in [0.05, 0.1) is 5.69 Å². The summed E-state index contributed by atoms with van der Waals surface area (Å²) in [5.41, 5.74) is 4.84. The van der Waals surface area contributed by atoms with Gasteiger partial charge in [0.15, 0.2) is 0 Å². The van der Waals surface area contributed by atoms with Gasteiger partial charge in [-0.25, -0.2) is 9.97 Å². The molecule has 3 heteroatoms. The molecule has 26 heavy (non-hydrogen) atoms. The zero-order valence-electron chi connectivity index (χ0n) is 16.8. The van der Waals surface area contributed by atoms with Crippen LogP contribution in [-0.4, -0.2) is 9.97 Å². The Morgan fingerprint density at radius 1 is 0.769 bits per heavy atom. The minimum absolute atomic E-state index is 0.0144. The van der Waals surface area contributed by atoms with E-state index in [1.54, 1.807) is 0 Å². The van der Waals surface area contributed by atoms with Crippen LogP contribution < -0.4 is 0 Å². The van der Waals surface area contributed by atoms with Crippen LogP contribution in [0.1, 0.15) is 9.81 Å². The maximum atomic E-state index is 7.63. The summed E-state index contributed by atoms with van der Waals surface area (Å²) in [6.07, 6.45) is 1.29. The van der Waals surface area contributed by atoms with Gasteiger partial charge in [0.25, 0.3) is 0 Å². The van der Waals surface area contributed by atoms with Crippen molar-refractivity contribution in [1.82, 2.24) is 9.97 Å². The minimum atomic E-state index is -2.29. The Kier molecular flexibility index (Phi) is 2.68. The van der Waals surface area contributed by atoms with Crippen LogP contribution in [0.4, 0.5) is 0 Å². The smallest absolute Gasteiger partial charge is 0.144 e. The molecule has 0 N–H and O–H groups in total. The third kappa shape index (κ3) is 2.29. The van der Waals surface area contributed by atoms with E-state index in [1.807, 2.05) is 54.6 Å². The maximum absolute atomic E-state index is 7.63. The molecule has 0 fully saturated rings. The summed E-state index contributed by atoms with van der Waals surface area (Å²) in [5, 5.41) is 1.97. The van der Waals surface area contributed by atoms with Crippen molar-refractivity contribution >= 4 is 21.9 Å². The van der Waals surface area contributed by atoms with Gasteiger partial charge in [-0.15, -0.1) is 0 Å². The average molecular weight is 339 g/mol. The van der Waals surface area contributed by atoms with E-state index in [9.17, 15) is 0 Å². The highest BCUT2D eigenvalue weighted by molar-refractivity contribution is 6.12. The van der Waals surface area contributed by atoms with Crippen LogP contribution in [0, 0.1) is 6.85 Å². The predicted molar refractivity (Wildman–Crippen MR) is 105 cm³/mol. The van der Waals surface area contributed by atoms with Gasteiger partial charge in [0.2, 0.25) is 0 Å². The van der Waals surface area contributed by atoms with Crippen LogP contribution in [0.3, 0.4) is 0 Å². The monoisotopic (exact) mass is 339 g/mol. The SMILES string of the molecule is [2H]C([2H])([2H])c1cc(-c2cccc3c2oc2c(-c4ccccc4)cccc23)ncn1. The average Bonchev–Trinajstić information content (AvgIpc) is 3.13. The molecule has 2 heterocycles. The van der Waals surface area contributed by atoms with Gasteiger partial charge in [-0.3, -0.25) is 0 Å². The Morgan fingerprint density at radius 2 is 1.50 bits per heavy atom. The topological polar surface area (TPSA) is 38.9 Å². The molecule has 5 rings (SSSR count).